The fraction of sp³-hybridized carbons (Fsp3) is 0.250. The van der Waals surface area contributed by atoms with Gasteiger partial charge < -0.3 is 0 Å². The van der Waals surface area contributed by atoms with E-state index in [1.165, 1.54) is 0 Å². The van der Waals surface area contributed by atoms with Gasteiger partial charge in [0.1, 0.15) is 11.3 Å². The summed E-state index contributed by atoms with van der Waals surface area (Å²) in [5.41, 5.74) is 0.513. The normalized spacial score (nSPS) is 10.8. The van der Waals surface area contributed by atoms with Gasteiger partial charge in [-0.15, -0.1) is 0 Å². The summed E-state index contributed by atoms with van der Waals surface area (Å²) in [4.78, 5) is 11.2. The SMILES string of the molecule is CCc1n[nH]c(=O)c2cccn12. The van der Waals surface area contributed by atoms with Gasteiger partial charge in [-0.1, -0.05) is 6.92 Å². The van der Waals surface area contributed by atoms with Crippen LogP contribution in [0.25, 0.3) is 5.52 Å². The highest BCUT2D eigenvalue weighted by molar-refractivity contribution is 5.44. The van der Waals surface area contributed by atoms with Gasteiger partial charge in [-0.25, -0.2) is 5.10 Å². The van der Waals surface area contributed by atoms with E-state index in [2.05, 4.69) is 10.2 Å². The van der Waals surface area contributed by atoms with Gasteiger partial charge in [-0.3, -0.25) is 9.20 Å². The van der Waals surface area contributed by atoms with E-state index in [1.54, 1.807) is 10.5 Å². The molecule has 0 aliphatic heterocycles. The Bertz CT molecular complexity index is 455. The summed E-state index contributed by atoms with van der Waals surface area (Å²) in [6, 6.07) is 3.62. The van der Waals surface area contributed by atoms with Gasteiger partial charge in [0.2, 0.25) is 0 Å². The van der Waals surface area contributed by atoms with E-state index < -0.39 is 0 Å². The number of aromatic amines is 1. The van der Waals surface area contributed by atoms with Crippen LogP contribution >= 0.6 is 0 Å². The molecule has 0 radical (unpaired) electrons. The zero-order valence-corrected chi connectivity index (χ0v) is 6.74. The second-order valence-electron chi connectivity index (χ2n) is 2.59. The summed E-state index contributed by atoms with van der Waals surface area (Å²) in [6.07, 6.45) is 2.65. The molecule has 62 valence electrons. The lowest BCUT2D eigenvalue weighted by Gasteiger charge is -1.99. The Morgan fingerprint density at radius 2 is 2.50 bits per heavy atom. The van der Waals surface area contributed by atoms with Crippen molar-refractivity contribution in [3.8, 4) is 0 Å². The van der Waals surface area contributed by atoms with Gasteiger partial charge in [0.05, 0.1) is 0 Å². The Balaban J connectivity index is 2.92. The lowest BCUT2D eigenvalue weighted by Crippen LogP contribution is -2.14. The Kier molecular flexibility index (Phi) is 1.46. The molecule has 4 nitrogen and oxygen atoms in total. The van der Waals surface area contributed by atoms with Gasteiger partial charge in [0.25, 0.3) is 5.56 Å². The van der Waals surface area contributed by atoms with E-state index in [9.17, 15) is 4.79 Å². The highest BCUT2D eigenvalue weighted by Gasteiger charge is 2.01. The zero-order valence-electron chi connectivity index (χ0n) is 6.74. The zero-order chi connectivity index (χ0) is 8.55. The molecule has 2 heterocycles. The molecule has 0 saturated heterocycles. The number of nitrogens with zero attached hydrogens (tertiary/aromatic N) is 2. The first kappa shape index (κ1) is 7.09. The van der Waals surface area contributed by atoms with E-state index in [1.807, 2.05) is 19.2 Å². The molecule has 0 spiro atoms. The molecule has 0 aliphatic rings. The lowest BCUT2D eigenvalue weighted by atomic mass is 10.4. The number of hydrogen-bond donors (Lipinski definition) is 1. The summed E-state index contributed by atoms with van der Waals surface area (Å²) in [7, 11) is 0. The first-order chi connectivity index (χ1) is 5.83. The average molecular weight is 163 g/mol. The predicted molar refractivity (Wildman–Crippen MR) is 45.2 cm³/mol. The third-order valence-electron chi connectivity index (χ3n) is 1.86. The monoisotopic (exact) mass is 163 g/mol. The standard InChI is InChI=1S/C8H9N3O/c1-2-7-9-10-8(12)6-4-3-5-11(6)7/h3-5H,2H2,1H3,(H,10,12). The quantitative estimate of drug-likeness (QED) is 0.668. The van der Waals surface area contributed by atoms with Crippen molar-refractivity contribution in [2.45, 2.75) is 13.3 Å². The Hall–Kier alpha value is -1.58. The van der Waals surface area contributed by atoms with Crippen LogP contribution in [-0.4, -0.2) is 14.6 Å². The number of nitrogens with one attached hydrogen (secondary N) is 1. The van der Waals surface area contributed by atoms with Crippen LogP contribution in [0.4, 0.5) is 0 Å². The first-order valence-corrected chi connectivity index (χ1v) is 3.87. The average Bonchev–Trinajstić information content (AvgIpc) is 2.54. The fourth-order valence-electron chi connectivity index (χ4n) is 1.27. The van der Waals surface area contributed by atoms with E-state index in [-0.39, 0.29) is 5.56 Å². The molecule has 4 heteroatoms. The topological polar surface area (TPSA) is 50.2 Å². The number of hydrogen-bond acceptors (Lipinski definition) is 2. The van der Waals surface area contributed by atoms with Crippen LogP contribution in [0.15, 0.2) is 23.1 Å². The molecule has 0 saturated carbocycles. The Labute approximate surface area is 68.8 Å². The van der Waals surface area contributed by atoms with Gasteiger partial charge in [-0.05, 0) is 12.1 Å². The van der Waals surface area contributed by atoms with Crippen molar-refractivity contribution >= 4 is 5.52 Å². The van der Waals surface area contributed by atoms with Crippen molar-refractivity contribution in [1.29, 1.82) is 0 Å². The molecule has 0 atom stereocenters. The van der Waals surface area contributed by atoms with Crippen molar-refractivity contribution in [3.63, 3.8) is 0 Å². The molecular weight excluding hydrogens is 154 g/mol. The molecule has 2 rings (SSSR count). The molecule has 0 aromatic carbocycles. The highest BCUT2D eigenvalue weighted by Crippen LogP contribution is 2.00. The van der Waals surface area contributed by atoms with Gasteiger partial charge >= 0.3 is 0 Å². The minimum Gasteiger partial charge on any atom is -0.299 e. The molecule has 0 amide bonds. The molecule has 0 fully saturated rings. The van der Waals surface area contributed by atoms with Crippen molar-refractivity contribution < 1.29 is 0 Å². The maximum atomic E-state index is 11.2. The minimum absolute atomic E-state index is 0.141. The third-order valence-corrected chi connectivity index (χ3v) is 1.86. The molecule has 0 aliphatic carbocycles. The van der Waals surface area contributed by atoms with Crippen LogP contribution in [0.2, 0.25) is 0 Å². The van der Waals surface area contributed by atoms with Gasteiger partial charge in [-0.2, -0.15) is 5.10 Å². The summed E-state index contributed by atoms with van der Waals surface area (Å²) in [5.74, 6) is 0.870. The van der Waals surface area contributed by atoms with Crippen molar-refractivity contribution in [3.05, 3.63) is 34.5 Å². The van der Waals surface area contributed by atoms with Crippen molar-refractivity contribution in [2.24, 2.45) is 0 Å². The number of H-pyrrole nitrogens is 1. The first-order valence-electron chi connectivity index (χ1n) is 3.87. The molecular formula is C8H9N3O. The van der Waals surface area contributed by atoms with Crippen LogP contribution < -0.4 is 5.56 Å². The second-order valence-corrected chi connectivity index (χ2v) is 2.59. The predicted octanol–water partition coefficient (Wildman–Crippen LogP) is 0.585. The maximum absolute atomic E-state index is 11.2. The molecule has 2 aromatic rings. The highest BCUT2D eigenvalue weighted by atomic mass is 16.1. The number of fused-ring (bicyclic) bond motifs is 1. The fourth-order valence-corrected chi connectivity index (χ4v) is 1.27. The summed E-state index contributed by atoms with van der Waals surface area (Å²) < 4.78 is 1.80. The smallest absolute Gasteiger partial charge is 0.288 e. The number of aromatic nitrogens is 3. The van der Waals surface area contributed by atoms with Crippen LogP contribution in [0.1, 0.15) is 12.7 Å². The van der Waals surface area contributed by atoms with Crippen LogP contribution in [0.5, 0.6) is 0 Å². The van der Waals surface area contributed by atoms with Crippen LogP contribution in [0, 0.1) is 0 Å². The van der Waals surface area contributed by atoms with Crippen molar-refractivity contribution in [1.82, 2.24) is 14.6 Å². The lowest BCUT2D eigenvalue weighted by molar-refractivity contribution is 0.809. The third kappa shape index (κ3) is 0.845. The summed E-state index contributed by atoms with van der Waals surface area (Å²) in [5, 5.41) is 6.38. The molecule has 1 N–H and O–H groups in total. The van der Waals surface area contributed by atoms with Crippen LogP contribution in [0.3, 0.4) is 0 Å². The molecule has 0 unspecified atom stereocenters. The van der Waals surface area contributed by atoms with E-state index in [4.69, 9.17) is 0 Å². The largest absolute Gasteiger partial charge is 0.299 e. The number of rotatable bonds is 1. The Morgan fingerprint density at radius 3 is 3.25 bits per heavy atom. The maximum Gasteiger partial charge on any atom is 0.288 e. The van der Waals surface area contributed by atoms with Crippen LogP contribution in [-0.2, 0) is 6.42 Å². The molecule has 2 aromatic heterocycles. The second kappa shape index (κ2) is 2.48. The molecule has 12 heavy (non-hydrogen) atoms. The van der Waals surface area contributed by atoms with E-state index >= 15 is 0 Å². The van der Waals surface area contributed by atoms with E-state index in [0.29, 0.717) is 5.52 Å². The van der Waals surface area contributed by atoms with Gasteiger partial charge in [0, 0.05) is 12.6 Å². The summed E-state index contributed by atoms with van der Waals surface area (Å²) in [6.45, 7) is 2.00. The van der Waals surface area contributed by atoms with E-state index in [0.717, 1.165) is 12.2 Å². The number of aryl methyl sites for hydroxylation is 1. The van der Waals surface area contributed by atoms with Crippen molar-refractivity contribution in [2.75, 3.05) is 0 Å². The summed E-state index contributed by atoms with van der Waals surface area (Å²) >= 11 is 0. The molecule has 0 bridgehead atoms. The minimum atomic E-state index is -0.141. The Morgan fingerprint density at radius 1 is 1.67 bits per heavy atom. The van der Waals surface area contributed by atoms with Gasteiger partial charge in [0.15, 0.2) is 0 Å².